The van der Waals surface area contributed by atoms with Gasteiger partial charge in [0.25, 0.3) is 0 Å². The number of nitrogens with zero attached hydrogens (tertiary/aromatic N) is 2. The van der Waals surface area contributed by atoms with Crippen LogP contribution in [0.3, 0.4) is 0 Å². The lowest BCUT2D eigenvalue weighted by Gasteiger charge is -2.07. The number of esters is 3. The first-order valence-electron chi connectivity index (χ1n) is 13.0. The third kappa shape index (κ3) is 8.70. The summed E-state index contributed by atoms with van der Waals surface area (Å²) in [5, 5.41) is 0. The standard InChI is InChI=1S/C34H30N2O6/c1-6-27-20-25(13-10-24-11-14-26(15-12-24)21-40-32(37)7-2)16-17-28(27)18-19-31-35-29(22-41-33(38)8-3)30(36(31)5)23-42-34(39)9-4/h7-9,11-12,14-17,20H,2-4,6,21-23H2,1,5H3. The lowest BCUT2D eigenvalue weighted by molar-refractivity contribution is -0.140. The Morgan fingerprint density at radius 1 is 0.786 bits per heavy atom. The highest BCUT2D eigenvalue weighted by Gasteiger charge is 2.16. The van der Waals surface area contributed by atoms with Gasteiger partial charge >= 0.3 is 17.9 Å². The molecule has 8 heteroatoms. The largest absolute Gasteiger partial charge is 0.458 e. The fraction of sp³-hybridized carbons (Fsp3) is 0.176. The Morgan fingerprint density at radius 3 is 1.98 bits per heavy atom. The Kier molecular flexibility index (Phi) is 11.2. The lowest BCUT2D eigenvalue weighted by atomic mass is 10.0. The zero-order valence-electron chi connectivity index (χ0n) is 23.6. The Hall–Kier alpha value is -5.60. The van der Waals surface area contributed by atoms with E-state index < -0.39 is 17.9 Å². The minimum absolute atomic E-state index is 0.0872. The monoisotopic (exact) mass is 562 g/mol. The summed E-state index contributed by atoms with van der Waals surface area (Å²) >= 11 is 0. The van der Waals surface area contributed by atoms with Crippen LogP contribution in [0.4, 0.5) is 0 Å². The summed E-state index contributed by atoms with van der Waals surface area (Å²) in [6.07, 6.45) is 3.99. The highest BCUT2D eigenvalue weighted by atomic mass is 16.5. The number of imidazole rings is 1. The van der Waals surface area contributed by atoms with Gasteiger partial charge in [0, 0.05) is 42.0 Å². The third-order valence-corrected chi connectivity index (χ3v) is 5.98. The van der Waals surface area contributed by atoms with Crippen molar-refractivity contribution in [3.05, 3.63) is 125 Å². The van der Waals surface area contributed by atoms with E-state index in [1.807, 2.05) is 49.4 Å². The second kappa shape index (κ2) is 15.3. The SMILES string of the molecule is C=CC(=O)OCc1ccc(C#Cc2ccc(C#Cc3nc(COC(=O)C=C)c(COC(=O)C=C)n3C)c(CC)c2)cc1. The molecule has 42 heavy (non-hydrogen) atoms. The average Bonchev–Trinajstić information content (AvgIpc) is 3.32. The van der Waals surface area contributed by atoms with Crippen LogP contribution < -0.4 is 0 Å². The predicted octanol–water partition coefficient (Wildman–Crippen LogP) is 4.47. The number of hydrogen-bond acceptors (Lipinski definition) is 7. The van der Waals surface area contributed by atoms with Crippen molar-refractivity contribution in [3.63, 3.8) is 0 Å². The third-order valence-electron chi connectivity index (χ3n) is 5.98. The molecule has 0 amide bonds. The van der Waals surface area contributed by atoms with E-state index in [0.29, 0.717) is 17.2 Å². The van der Waals surface area contributed by atoms with Gasteiger partial charge in [-0.1, -0.05) is 56.6 Å². The maximum atomic E-state index is 11.6. The summed E-state index contributed by atoms with van der Waals surface area (Å²) in [5.41, 5.74) is 5.33. The first-order valence-corrected chi connectivity index (χ1v) is 13.0. The van der Waals surface area contributed by atoms with Gasteiger partial charge in [0.2, 0.25) is 0 Å². The molecule has 0 spiro atoms. The Bertz CT molecular complexity index is 1640. The van der Waals surface area contributed by atoms with E-state index in [0.717, 1.165) is 52.5 Å². The van der Waals surface area contributed by atoms with Crippen LogP contribution in [0.5, 0.6) is 0 Å². The molecule has 8 nitrogen and oxygen atoms in total. The molecule has 1 heterocycles. The molecule has 0 aliphatic carbocycles. The van der Waals surface area contributed by atoms with Crippen molar-refractivity contribution >= 4 is 17.9 Å². The quantitative estimate of drug-likeness (QED) is 0.156. The number of ether oxygens (including phenoxy) is 3. The minimum atomic E-state index is -0.596. The molecule has 3 rings (SSSR count). The number of hydrogen-bond donors (Lipinski definition) is 0. The van der Waals surface area contributed by atoms with Crippen molar-refractivity contribution in [1.82, 2.24) is 9.55 Å². The molecule has 0 aliphatic rings. The fourth-order valence-corrected chi connectivity index (χ4v) is 3.64. The zero-order valence-corrected chi connectivity index (χ0v) is 23.6. The molecule has 0 N–H and O–H groups in total. The van der Waals surface area contributed by atoms with Crippen LogP contribution in [-0.2, 0) is 61.9 Å². The number of benzene rings is 2. The van der Waals surface area contributed by atoms with Gasteiger partial charge < -0.3 is 18.8 Å². The van der Waals surface area contributed by atoms with Crippen LogP contribution in [0.2, 0.25) is 0 Å². The van der Waals surface area contributed by atoms with Crippen LogP contribution >= 0.6 is 0 Å². The number of aromatic nitrogens is 2. The second-order valence-corrected chi connectivity index (χ2v) is 8.75. The molecular weight excluding hydrogens is 532 g/mol. The smallest absolute Gasteiger partial charge is 0.330 e. The summed E-state index contributed by atoms with van der Waals surface area (Å²) in [4.78, 5) is 38.9. The predicted molar refractivity (Wildman–Crippen MR) is 157 cm³/mol. The number of rotatable bonds is 10. The van der Waals surface area contributed by atoms with Crippen molar-refractivity contribution in [1.29, 1.82) is 0 Å². The van der Waals surface area contributed by atoms with E-state index in [1.54, 1.807) is 11.6 Å². The molecule has 0 saturated heterocycles. The number of carbonyl (C=O) groups excluding carboxylic acids is 3. The van der Waals surface area contributed by atoms with Gasteiger partial charge in [0.15, 0.2) is 5.82 Å². The van der Waals surface area contributed by atoms with E-state index in [1.165, 1.54) is 0 Å². The fourth-order valence-electron chi connectivity index (χ4n) is 3.64. The molecule has 0 radical (unpaired) electrons. The van der Waals surface area contributed by atoms with E-state index in [4.69, 9.17) is 14.2 Å². The molecule has 0 aliphatic heterocycles. The molecule has 212 valence electrons. The topological polar surface area (TPSA) is 96.7 Å². The Labute approximate surface area is 245 Å². The van der Waals surface area contributed by atoms with Crippen LogP contribution in [-0.4, -0.2) is 27.5 Å². The summed E-state index contributed by atoms with van der Waals surface area (Å²) in [5.74, 6) is 11.4. The van der Waals surface area contributed by atoms with Gasteiger partial charge in [0.1, 0.15) is 25.5 Å². The first kappa shape index (κ1) is 30.9. The average molecular weight is 563 g/mol. The van der Waals surface area contributed by atoms with E-state index in [9.17, 15) is 14.4 Å². The summed E-state index contributed by atoms with van der Waals surface area (Å²) in [6.45, 7) is 12.2. The van der Waals surface area contributed by atoms with E-state index >= 15 is 0 Å². The zero-order chi connectivity index (χ0) is 30.5. The van der Waals surface area contributed by atoms with Gasteiger partial charge in [-0.3, -0.25) is 0 Å². The molecule has 0 saturated carbocycles. The molecular formula is C34H30N2O6. The Balaban J connectivity index is 1.81. The van der Waals surface area contributed by atoms with Crippen molar-refractivity contribution in [3.8, 4) is 23.7 Å². The van der Waals surface area contributed by atoms with Crippen LogP contribution in [0.15, 0.2) is 80.4 Å². The summed E-state index contributed by atoms with van der Waals surface area (Å²) < 4.78 is 17.1. The Morgan fingerprint density at radius 2 is 1.36 bits per heavy atom. The molecule has 0 bridgehead atoms. The van der Waals surface area contributed by atoms with Gasteiger partial charge in [-0.15, -0.1) is 0 Å². The van der Waals surface area contributed by atoms with Crippen LogP contribution in [0, 0.1) is 23.7 Å². The van der Waals surface area contributed by atoms with Gasteiger partial charge in [-0.25, -0.2) is 19.4 Å². The summed E-state index contributed by atoms with van der Waals surface area (Å²) in [7, 11) is 1.74. The molecule has 3 aromatic rings. The highest BCUT2D eigenvalue weighted by Crippen LogP contribution is 2.16. The summed E-state index contributed by atoms with van der Waals surface area (Å²) in [6, 6.07) is 13.3. The maximum absolute atomic E-state index is 11.6. The van der Waals surface area contributed by atoms with Crippen LogP contribution in [0.25, 0.3) is 0 Å². The van der Waals surface area contributed by atoms with E-state index in [-0.39, 0.29) is 19.8 Å². The first-order chi connectivity index (χ1) is 20.3. The number of aryl methyl sites for hydroxylation is 1. The molecule has 2 aromatic carbocycles. The van der Waals surface area contributed by atoms with Crippen LogP contribution in [0.1, 0.15) is 52.0 Å². The molecule has 1 aromatic heterocycles. The minimum Gasteiger partial charge on any atom is -0.458 e. The number of carbonyl (C=O) groups is 3. The van der Waals surface area contributed by atoms with Crippen molar-refractivity contribution < 1.29 is 28.6 Å². The molecule has 0 unspecified atom stereocenters. The maximum Gasteiger partial charge on any atom is 0.330 e. The van der Waals surface area contributed by atoms with Gasteiger partial charge in [-0.05, 0) is 53.8 Å². The lowest BCUT2D eigenvalue weighted by Crippen LogP contribution is -2.09. The molecule has 0 atom stereocenters. The molecule has 0 fully saturated rings. The second-order valence-electron chi connectivity index (χ2n) is 8.75. The van der Waals surface area contributed by atoms with E-state index in [2.05, 4.69) is 48.4 Å². The van der Waals surface area contributed by atoms with Gasteiger partial charge in [0.05, 0.1) is 5.69 Å². The van der Waals surface area contributed by atoms with Gasteiger partial charge in [-0.2, -0.15) is 0 Å². The van der Waals surface area contributed by atoms with Crippen molar-refractivity contribution in [2.24, 2.45) is 7.05 Å². The normalized spacial score (nSPS) is 9.76. The van der Waals surface area contributed by atoms with Crippen molar-refractivity contribution in [2.45, 2.75) is 33.2 Å². The highest BCUT2D eigenvalue weighted by molar-refractivity contribution is 5.82. The van der Waals surface area contributed by atoms with Crippen molar-refractivity contribution in [2.75, 3.05) is 0 Å².